The maximum Gasteiger partial charge on any atom is 0.321 e. The summed E-state index contributed by atoms with van der Waals surface area (Å²) in [7, 11) is 0. The third kappa shape index (κ3) is 4.50. The Morgan fingerprint density at radius 1 is 1.27 bits per heavy atom. The van der Waals surface area contributed by atoms with E-state index in [9.17, 15) is 4.79 Å². The van der Waals surface area contributed by atoms with Crippen LogP contribution in [0.2, 0.25) is 0 Å². The molecular formula is C18H27NO2S. The highest BCUT2D eigenvalue weighted by Gasteiger charge is 2.24. The molecule has 0 radical (unpaired) electrons. The van der Waals surface area contributed by atoms with Gasteiger partial charge in [0.25, 0.3) is 0 Å². The van der Waals surface area contributed by atoms with Crippen LogP contribution < -0.4 is 5.73 Å². The van der Waals surface area contributed by atoms with Crippen LogP contribution in [0.3, 0.4) is 0 Å². The van der Waals surface area contributed by atoms with Crippen LogP contribution in [0.5, 0.6) is 0 Å². The molecule has 2 rings (SSSR count). The fourth-order valence-electron chi connectivity index (χ4n) is 3.05. The van der Waals surface area contributed by atoms with Crippen molar-refractivity contribution in [3.63, 3.8) is 0 Å². The van der Waals surface area contributed by atoms with Crippen LogP contribution in [0.4, 0.5) is 0 Å². The van der Waals surface area contributed by atoms with Crippen molar-refractivity contribution in [2.24, 2.45) is 5.73 Å². The summed E-state index contributed by atoms with van der Waals surface area (Å²) >= 11 is 1.60. The first-order chi connectivity index (χ1) is 10.4. The van der Waals surface area contributed by atoms with Crippen LogP contribution in [-0.2, 0) is 9.54 Å². The van der Waals surface area contributed by atoms with Crippen LogP contribution in [0.1, 0.15) is 63.0 Å². The molecule has 0 amide bonds. The van der Waals surface area contributed by atoms with Crippen molar-refractivity contribution in [1.29, 1.82) is 0 Å². The number of thioether (sulfide) groups is 1. The average molecular weight is 321 g/mol. The molecule has 1 saturated carbocycles. The minimum absolute atomic E-state index is 0.127. The van der Waals surface area contributed by atoms with Gasteiger partial charge in [-0.15, -0.1) is 11.8 Å². The summed E-state index contributed by atoms with van der Waals surface area (Å²) in [6.07, 6.45) is 6.69. The number of aliphatic carboxylic acids is 1. The van der Waals surface area contributed by atoms with Gasteiger partial charge in [0.1, 0.15) is 6.04 Å². The smallest absolute Gasteiger partial charge is 0.321 e. The summed E-state index contributed by atoms with van der Waals surface area (Å²) < 4.78 is -0.127. The summed E-state index contributed by atoms with van der Waals surface area (Å²) in [6.45, 7) is 4.25. The Labute approximate surface area is 137 Å². The number of carboxylic acids is 1. The average Bonchev–Trinajstić information content (AvgIpc) is 2.53. The van der Waals surface area contributed by atoms with E-state index in [0.717, 1.165) is 5.92 Å². The van der Waals surface area contributed by atoms with Gasteiger partial charge < -0.3 is 10.8 Å². The standard InChI is InChI=1S/C18H27NO2S/c1-18(2,22-12-16(19)17(20)21)15-10-8-14(9-11-15)13-6-4-3-5-7-13/h8-11,13,16H,3-7,12,19H2,1-2H3,(H,20,21)/t16-/m0/s1. The monoisotopic (exact) mass is 321 g/mol. The lowest BCUT2D eigenvalue weighted by molar-refractivity contribution is -0.137. The minimum Gasteiger partial charge on any atom is -0.480 e. The molecule has 4 heteroatoms. The topological polar surface area (TPSA) is 63.3 Å². The molecule has 1 aromatic rings. The molecular weight excluding hydrogens is 294 g/mol. The van der Waals surface area contributed by atoms with E-state index in [4.69, 9.17) is 10.8 Å². The third-order valence-electron chi connectivity index (χ3n) is 4.62. The van der Waals surface area contributed by atoms with Crippen molar-refractivity contribution in [2.45, 2.75) is 62.7 Å². The van der Waals surface area contributed by atoms with E-state index in [0.29, 0.717) is 5.75 Å². The Morgan fingerprint density at radius 3 is 2.41 bits per heavy atom. The number of benzene rings is 1. The van der Waals surface area contributed by atoms with E-state index in [1.54, 1.807) is 11.8 Å². The second kappa shape index (κ2) is 7.51. The van der Waals surface area contributed by atoms with Gasteiger partial charge in [-0.1, -0.05) is 43.5 Å². The second-order valence-corrected chi connectivity index (χ2v) is 8.37. The van der Waals surface area contributed by atoms with Crippen molar-refractivity contribution in [2.75, 3.05) is 5.75 Å². The van der Waals surface area contributed by atoms with E-state index in [1.165, 1.54) is 43.2 Å². The molecule has 1 aromatic carbocycles. The summed E-state index contributed by atoms with van der Waals surface area (Å²) in [4.78, 5) is 10.8. The molecule has 3 nitrogen and oxygen atoms in total. The highest BCUT2D eigenvalue weighted by atomic mass is 32.2. The molecule has 0 spiro atoms. The first kappa shape index (κ1) is 17.4. The third-order valence-corrected chi connectivity index (χ3v) is 6.11. The van der Waals surface area contributed by atoms with Gasteiger partial charge in [0, 0.05) is 10.5 Å². The van der Waals surface area contributed by atoms with Crippen LogP contribution in [0.15, 0.2) is 24.3 Å². The van der Waals surface area contributed by atoms with Gasteiger partial charge in [0.2, 0.25) is 0 Å². The Bertz CT molecular complexity index is 492. The Hall–Kier alpha value is -1.00. The lowest BCUT2D eigenvalue weighted by Gasteiger charge is -2.27. The number of nitrogens with two attached hydrogens (primary N) is 1. The Kier molecular flexibility index (Phi) is 5.93. The summed E-state index contributed by atoms with van der Waals surface area (Å²) in [5, 5.41) is 8.89. The highest BCUT2D eigenvalue weighted by molar-refractivity contribution is 8.00. The van der Waals surface area contributed by atoms with Gasteiger partial charge in [0.05, 0.1) is 0 Å². The van der Waals surface area contributed by atoms with Crippen molar-refractivity contribution in [3.8, 4) is 0 Å². The second-order valence-electron chi connectivity index (χ2n) is 6.72. The summed E-state index contributed by atoms with van der Waals surface area (Å²) in [5.41, 5.74) is 8.28. The van der Waals surface area contributed by atoms with Gasteiger partial charge >= 0.3 is 5.97 Å². The molecule has 0 heterocycles. The molecule has 0 unspecified atom stereocenters. The zero-order valence-corrected chi connectivity index (χ0v) is 14.4. The van der Waals surface area contributed by atoms with Crippen LogP contribution in [-0.4, -0.2) is 22.9 Å². The van der Waals surface area contributed by atoms with E-state index in [-0.39, 0.29) is 4.75 Å². The maximum atomic E-state index is 10.8. The first-order valence-corrected chi connectivity index (χ1v) is 9.11. The molecule has 22 heavy (non-hydrogen) atoms. The van der Waals surface area contributed by atoms with Crippen molar-refractivity contribution < 1.29 is 9.90 Å². The van der Waals surface area contributed by atoms with E-state index in [2.05, 4.69) is 38.1 Å². The molecule has 0 bridgehead atoms. The zero-order valence-electron chi connectivity index (χ0n) is 13.5. The number of rotatable bonds is 6. The van der Waals surface area contributed by atoms with Gasteiger partial charge in [-0.25, -0.2) is 0 Å². The van der Waals surface area contributed by atoms with Gasteiger partial charge in [0.15, 0.2) is 0 Å². The largest absolute Gasteiger partial charge is 0.480 e. The molecule has 0 aliphatic heterocycles. The highest BCUT2D eigenvalue weighted by Crippen LogP contribution is 2.38. The molecule has 1 aliphatic carbocycles. The molecule has 0 saturated heterocycles. The fourth-order valence-corrected chi connectivity index (χ4v) is 4.09. The van der Waals surface area contributed by atoms with Crippen LogP contribution in [0.25, 0.3) is 0 Å². The Morgan fingerprint density at radius 2 is 1.86 bits per heavy atom. The SMILES string of the molecule is CC(C)(SC[C@H](N)C(=O)O)c1ccc(C2CCCCC2)cc1. The fraction of sp³-hybridized carbons (Fsp3) is 0.611. The molecule has 3 N–H and O–H groups in total. The maximum absolute atomic E-state index is 10.8. The summed E-state index contributed by atoms with van der Waals surface area (Å²) in [5.74, 6) is 0.210. The molecule has 1 aliphatic rings. The lowest BCUT2D eigenvalue weighted by atomic mass is 9.83. The van der Waals surface area contributed by atoms with Gasteiger partial charge in [-0.05, 0) is 43.7 Å². The lowest BCUT2D eigenvalue weighted by Crippen LogP contribution is -2.34. The molecule has 0 aromatic heterocycles. The summed E-state index contributed by atoms with van der Waals surface area (Å²) in [6, 6.07) is 8.10. The molecule has 1 fully saturated rings. The molecule has 1 atom stereocenters. The minimum atomic E-state index is -0.934. The van der Waals surface area contributed by atoms with E-state index >= 15 is 0 Å². The van der Waals surface area contributed by atoms with Crippen LogP contribution >= 0.6 is 11.8 Å². The number of carbonyl (C=O) groups is 1. The van der Waals surface area contributed by atoms with Gasteiger partial charge in [-0.2, -0.15) is 0 Å². The van der Waals surface area contributed by atoms with Crippen molar-refractivity contribution in [3.05, 3.63) is 35.4 Å². The van der Waals surface area contributed by atoms with E-state index < -0.39 is 12.0 Å². The number of hydrogen-bond donors (Lipinski definition) is 2. The quantitative estimate of drug-likeness (QED) is 0.827. The first-order valence-electron chi connectivity index (χ1n) is 8.13. The predicted molar refractivity (Wildman–Crippen MR) is 93.4 cm³/mol. The van der Waals surface area contributed by atoms with Crippen molar-refractivity contribution >= 4 is 17.7 Å². The van der Waals surface area contributed by atoms with Crippen LogP contribution in [0, 0.1) is 0 Å². The van der Waals surface area contributed by atoms with Gasteiger partial charge in [-0.3, -0.25) is 4.79 Å². The molecule has 122 valence electrons. The normalized spacial score (nSPS) is 18.1. The number of carboxylic acid groups (broad SMARTS) is 1. The Balaban J connectivity index is 2.00. The van der Waals surface area contributed by atoms with E-state index in [1.807, 2.05) is 0 Å². The predicted octanol–water partition coefficient (Wildman–Crippen LogP) is 4.11. The van der Waals surface area contributed by atoms with Crippen molar-refractivity contribution in [1.82, 2.24) is 0 Å². The number of hydrogen-bond acceptors (Lipinski definition) is 3. The zero-order chi connectivity index (χ0) is 16.2.